The van der Waals surface area contributed by atoms with E-state index in [0.717, 1.165) is 17.8 Å². The molecule has 0 fully saturated rings. The van der Waals surface area contributed by atoms with Crippen LogP contribution in [0.15, 0.2) is 60.9 Å². The van der Waals surface area contributed by atoms with Crippen molar-refractivity contribution >= 4 is 11.7 Å². The van der Waals surface area contributed by atoms with Crippen molar-refractivity contribution in [3.63, 3.8) is 0 Å². The molecule has 0 saturated heterocycles. The number of nitrogens with zero attached hydrogens (tertiary/aromatic N) is 3. The van der Waals surface area contributed by atoms with E-state index in [1.807, 2.05) is 19.0 Å². The molecule has 5 nitrogen and oxygen atoms in total. The maximum absolute atomic E-state index is 12.6. The number of rotatable bonds is 3. The van der Waals surface area contributed by atoms with Crippen LogP contribution < -0.4 is 4.90 Å². The molecule has 1 aromatic carbocycles. The maximum Gasteiger partial charge on any atom is 0.399 e. The second-order valence-corrected chi connectivity index (χ2v) is 5.80. The number of pyridine rings is 2. The van der Waals surface area contributed by atoms with Gasteiger partial charge in [0.05, 0.1) is 0 Å². The number of hydrogen-bond acceptors (Lipinski definition) is 4. The Balaban J connectivity index is 0.000000355. The Morgan fingerprint density at radius 3 is 2.31 bits per heavy atom. The number of carboxylic acid groups (broad SMARTS) is 1. The Kier molecular flexibility index (Phi) is 8.98. The largest absolute Gasteiger partial charge is 0.477 e. The number of carboxylic acids is 1. The summed E-state index contributed by atoms with van der Waals surface area (Å²) in [5.74, 6) is -0.990. The van der Waals surface area contributed by atoms with Crippen LogP contribution in [0.25, 0.3) is 11.3 Å². The molecule has 0 aliphatic heterocycles. The fourth-order valence-corrected chi connectivity index (χ4v) is 2.12. The number of benzene rings is 1. The summed E-state index contributed by atoms with van der Waals surface area (Å²) >= 11 is 0. The molecular weight excluding hydrogens is 566 g/mol. The van der Waals surface area contributed by atoms with Gasteiger partial charge in [-0.1, -0.05) is 12.1 Å². The van der Waals surface area contributed by atoms with Crippen LogP contribution in [0.2, 0.25) is 0 Å². The van der Waals surface area contributed by atoms with E-state index in [9.17, 15) is 18.0 Å². The molecule has 0 bridgehead atoms. The van der Waals surface area contributed by atoms with Crippen molar-refractivity contribution in [2.75, 3.05) is 19.0 Å². The van der Waals surface area contributed by atoms with Crippen molar-refractivity contribution in [2.24, 2.45) is 0 Å². The summed E-state index contributed by atoms with van der Waals surface area (Å²) in [4.78, 5) is 19.7. The molecule has 0 saturated carbocycles. The molecule has 0 spiro atoms. The summed E-state index contributed by atoms with van der Waals surface area (Å²) in [7, 11) is 3.71. The normalized spacial score (nSPS) is 10.2. The monoisotopic (exact) mass is 583 g/mol. The number of aromatic carboxylic acids is 1. The Bertz CT molecular complexity index is 936. The van der Waals surface area contributed by atoms with E-state index >= 15 is 0 Å². The average molecular weight is 583 g/mol. The fraction of sp³-hybridized carbons (Fsp3) is 0.150. The zero-order chi connectivity index (χ0) is 20.7. The van der Waals surface area contributed by atoms with E-state index in [1.165, 1.54) is 18.3 Å². The molecule has 2 heterocycles. The van der Waals surface area contributed by atoms with Gasteiger partial charge in [-0.15, -0.1) is 29.8 Å². The summed E-state index contributed by atoms with van der Waals surface area (Å²) in [5.41, 5.74) is 1.06. The molecule has 0 radical (unpaired) electrons. The van der Waals surface area contributed by atoms with Crippen LogP contribution >= 0.6 is 0 Å². The van der Waals surface area contributed by atoms with Crippen LogP contribution in [-0.4, -0.2) is 35.1 Å². The molecule has 29 heavy (non-hydrogen) atoms. The molecule has 0 atom stereocenters. The summed E-state index contributed by atoms with van der Waals surface area (Å²) in [6, 6.07) is 14.4. The van der Waals surface area contributed by atoms with Gasteiger partial charge in [-0.3, -0.25) is 0 Å². The third kappa shape index (κ3) is 7.31. The smallest absolute Gasteiger partial charge is 0.399 e. The van der Waals surface area contributed by atoms with Gasteiger partial charge in [-0.25, -0.2) is 9.78 Å². The summed E-state index contributed by atoms with van der Waals surface area (Å²) < 4.78 is 37.9. The summed E-state index contributed by atoms with van der Waals surface area (Å²) in [6.45, 7) is 0. The van der Waals surface area contributed by atoms with Crippen molar-refractivity contribution in [1.29, 1.82) is 0 Å². The van der Waals surface area contributed by atoms with Gasteiger partial charge in [-0.05, 0) is 29.5 Å². The van der Waals surface area contributed by atoms with Crippen LogP contribution in [0, 0.1) is 6.07 Å². The molecule has 0 unspecified atom stereocenters. The van der Waals surface area contributed by atoms with E-state index < -0.39 is 17.7 Å². The van der Waals surface area contributed by atoms with Crippen LogP contribution in [-0.2, 0) is 27.2 Å². The van der Waals surface area contributed by atoms with E-state index in [2.05, 4.69) is 16.0 Å². The maximum atomic E-state index is 12.6. The van der Waals surface area contributed by atoms with Gasteiger partial charge >= 0.3 is 12.1 Å². The first-order chi connectivity index (χ1) is 13.2. The van der Waals surface area contributed by atoms with Crippen molar-refractivity contribution in [1.82, 2.24) is 9.97 Å². The Morgan fingerprint density at radius 1 is 1.07 bits per heavy atom. The van der Waals surface area contributed by atoms with E-state index in [4.69, 9.17) is 5.11 Å². The zero-order valence-corrected chi connectivity index (χ0v) is 17.7. The Labute approximate surface area is 180 Å². The Morgan fingerprint density at radius 2 is 1.79 bits per heavy atom. The summed E-state index contributed by atoms with van der Waals surface area (Å²) in [6.07, 6.45) is -1.34. The number of aromatic nitrogens is 2. The number of alkyl halides is 3. The Hall–Kier alpha value is -2.73. The van der Waals surface area contributed by atoms with Crippen LogP contribution in [0.3, 0.4) is 0 Å². The topological polar surface area (TPSA) is 66.3 Å². The number of anilines is 1. The van der Waals surface area contributed by atoms with Gasteiger partial charge in [0.25, 0.3) is 0 Å². The molecule has 0 aliphatic carbocycles. The number of halogens is 3. The van der Waals surface area contributed by atoms with Gasteiger partial charge < -0.3 is 15.0 Å². The van der Waals surface area contributed by atoms with Gasteiger partial charge in [0.2, 0.25) is 0 Å². The molecule has 3 aromatic rings. The summed E-state index contributed by atoms with van der Waals surface area (Å²) in [5, 5.41) is 8.32. The minimum Gasteiger partial charge on any atom is -0.477 e. The van der Waals surface area contributed by atoms with Gasteiger partial charge in [-0.2, -0.15) is 13.2 Å². The third-order valence-corrected chi connectivity index (χ3v) is 3.55. The molecule has 2 aromatic heterocycles. The first-order valence-electron chi connectivity index (χ1n) is 8.05. The quantitative estimate of drug-likeness (QED) is 0.463. The second kappa shape index (κ2) is 10.7. The minimum atomic E-state index is -4.36. The second-order valence-electron chi connectivity index (χ2n) is 5.80. The fourth-order valence-electron chi connectivity index (χ4n) is 2.12. The first-order valence-corrected chi connectivity index (χ1v) is 8.05. The SMILES string of the molecule is CN(C)c1ccnc(-c2[c-]ccc(C(F)(F)F)c2)c1.O=C(O)c1ccccn1.[Pt]. The standard InChI is InChI=1S/C14H12F3N2.C6H5NO2.Pt/c1-19(2)12-6-7-18-13(9-12)10-4-3-5-11(8-10)14(15,16)17;8-6(9)5-3-1-2-4-7-5;/h3,5-9H,1-2H3;1-4H,(H,8,9);/q-1;;. The van der Waals surface area contributed by atoms with E-state index in [1.54, 1.807) is 30.5 Å². The third-order valence-electron chi connectivity index (χ3n) is 3.55. The predicted molar refractivity (Wildman–Crippen MR) is 99.0 cm³/mol. The van der Waals surface area contributed by atoms with E-state index in [0.29, 0.717) is 11.3 Å². The number of hydrogen-bond donors (Lipinski definition) is 1. The zero-order valence-electron chi connectivity index (χ0n) is 15.4. The van der Waals surface area contributed by atoms with Gasteiger partial charge in [0.15, 0.2) is 0 Å². The van der Waals surface area contributed by atoms with Gasteiger partial charge in [0.1, 0.15) is 5.69 Å². The number of carbonyl (C=O) groups is 1. The van der Waals surface area contributed by atoms with Crippen molar-refractivity contribution in [2.45, 2.75) is 6.18 Å². The minimum absolute atomic E-state index is 0. The molecular formula is C20H17F3N3O2Pt-. The molecule has 9 heteroatoms. The van der Waals surface area contributed by atoms with Crippen LogP contribution in [0.5, 0.6) is 0 Å². The van der Waals surface area contributed by atoms with Crippen molar-refractivity contribution in [3.8, 4) is 11.3 Å². The molecule has 156 valence electrons. The predicted octanol–water partition coefficient (Wildman–Crippen LogP) is 4.41. The molecule has 0 aliphatic rings. The van der Waals surface area contributed by atoms with Crippen molar-refractivity contribution < 1.29 is 44.1 Å². The van der Waals surface area contributed by atoms with Crippen LogP contribution in [0.4, 0.5) is 18.9 Å². The average Bonchev–Trinajstić information content (AvgIpc) is 2.69. The molecule has 3 rings (SSSR count). The molecule has 1 N–H and O–H groups in total. The van der Waals surface area contributed by atoms with Gasteiger partial charge in [0, 0.05) is 53.2 Å². The van der Waals surface area contributed by atoms with E-state index in [-0.39, 0.29) is 26.8 Å². The van der Waals surface area contributed by atoms with Crippen LogP contribution in [0.1, 0.15) is 16.1 Å². The molecule has 0 amide bonds. The van der Waals surface area contributed by atoms with Crippen molar-refractivity contribution in [3.05, 3.63) is 78.2 Å². The first kappa shape index (κ1) is 24.3.